The molecule has 2 aromatic rings. The second-order valence-corrected chi connectivity index (χ2v) is 8.72. The summed E-state index contributed by atoms with van der Waals surface area (Å²) in [6.07, 6.45) is 1.29. The summed E-state index contributed by atoms with van der Waals surface area (Å²) in [5, 5.41) is 3.00. The number of fused-ring (bicyclic) bond motifs is 1. The molecule has 0 aliphatic carbocycles. The maximum absolute atomic E-state index is 13.0. The van der Waals surface area contributed by atoms with E-state index >= 15 is 0 Å². The minimum absolute atomic E-state index is 0.0275. The Morgan fingerprint density at radius 2 is 1.93 bits per heavy atom. The molecule has 0 fully saturated rings. The highest BCUT2D eigenvalue weighted by Crippen LogP contribution is 2.31. The average molecular weight is 406 g/mol. The third-order valence-electron chi connectivity index (χ3n) is 4.69. The van der Waals surface area contributed by atoms with E-state index in [9.17, 15) is 17.6 Å². The highest BCUT2D eigenvalue weighted by Gasteiger charge is 2.23. The van der Waals surface area contributed by atoms with Crippen LogP contribution in [0.15, 0.2) is 53.4 Å². The first kappa shape index (κ1) is 20.3. The average Bonchev–Trinajstić information content (AvgIpc) is 2.68. The summed E-state index contributed by atoms with van der Waals surface area (Å²) >= 11 is 0. The lowest BCUT2D eigenvalue weighted by Crippen LogP contribution is -2.33. The van der Waals surface area contributed by atoms with Gasteiger partial charge >= 0.3 is 0 Å². The van der Waals surface area contributed by atoms with Crippen LogP contribution in [0, 0.1) is 5.82 Å². The van der Waals surface area contributed by atoms with Gasteiger partial charge in [0, 0.05) is 32.0 Å². The SMILES string of the molecule is CN(CCCC(=O)N[C@H]1CCOc2ccccc21)S(=O)(=O)c1ccc(F)cc1. The van der Waals surface area contributed by atoms with E-state index in [0.717, 1.165) is 23.4 Å². The Kier molecular flexibility index (Phi) is 6.31. The van der Waals surface area contributed by atoms with Crippen molar-refractivity contribution >= 4 is 15.9 Å². The smallest absolute Gasteiger partial charge is 0.242 e. The van der Waals surface area contributed by atoms with Gasteiger partial charge in [-0.15, -0.1) is 0 Å². The Bertz CT molecular complexity index is 931. The monoisotopic (exact) mass is 406 g/mol. The second-order valence-electron chi connectivity index (χ2n) is 6.68. The molecule has 8 heteroatoms. The number of hydrogen-bond acceptors (Lipinski definition) is 4. The number of benzene rings is 2. The summed E-state index contributed by atoms with van der Waals surface area (Å²) < 4.78 is 44.7. The molecule has 28 heavy (non-hydrogen) atoms. The van der Waals surface area contributed by atoms with Crippen molar-refractivity contribution in [1.82, 2.24) is 9.62 Å². The number of sulfonamides is 1. The third-order valence-corrected chi connectivity index (χ3v) is 6.56. The number of amides is 1. The molecule has 0 bridgehead atoms. The van der Waals surface area contributed by atoms with Crippen LogP contribution in [-0.2, 0) is 14.8 Å². The fourth-order valence-electron chi connectivity index (χ4n) is 3.13. The van der Waals surface area contributed by atoms with Crippen LogP contribution >= 0.6 is 0 Å². The Hall–Kier alpha value is -2.45. The molecule has 0 saturated heterocycles. The zero-order valence-corrected chi connectivity index (χ0v) is 16.4. The summed E-state index contributed by atoms with van der Waals surface area (Å²) in [5.74, 6) is 0.159. The van der Waals surface area contributed by atoms with Crippen molar-refractivity contribution in [3.8, 4) is 5.75 Å². The highest BCUT2D eigenvalue weighted by atomic mass is 32.2. The van der Waals surface area contributed by atoms with Gasteiger partial charge in [-0.2, -0.15) is 0 Å². The highest BCUT2D eigenvalue weighted by molar-refractivity contribution is 7.89. The molecule has 2 aromatic carbocycles. The van der Waals surface area contributed by atoms with Crippen molar-refractivity contribution in [3.63, 3.8) is 0 Å². The van der Waals surface area contributed by atoms with Gasteiger partial charge in [0.1, 0.15) is 11.6 Å². The van der Waals surface area contributed by atoms with Crippen LogP contribution < -0.4 is 10.1 Å². The van der Waals surface area contributed by atoms with E-state index in [-0.39, 0.29) is 29.8 Å². The molecule has 1 N–H and O–H groups in total. The molecule has 0 saturated carbocycles. The number of hydrogen-bond donors (Lipinski definition) is 1. The lowest BCUT2D eigenvalue weighted by molar-refractivity contribution is -0.122. The summed E-state index contributed by atoms with van der Waals surface area (Å²) in [7, 11) is -2.25. The normalized spacial score (nSPS) is 16.3. The van der Waals surface area contributed by atoms with Crippen LogP contribution in [0.1, 0.15) is 30.9 Å². The largest absolute Gasteiger partial charge is 0.493 e. The number of nitrogens with one attached hydrogen (secondary N) is 1. The van der Waals surface area contributed by atoms with E-state index in [4.69, 9.17) is 4.74 Å². The molecule has 3 rings (SSSR count). The summed E-state index contributed by atoms with van der Waals surface area (Å²) in [4.78, 5) is 12.3. The Morgan fingerprint density at radius 3 is 2.68 bits per heavy atom. The summed E-state index contributed by atoms with van der Waals surface area (Å²) in [5.41, 5.74) is 0.957. The first-order chi connectivity index (χ1) is 13.4. The van der Waals surface area contributed by atoms with Gasteiger partial charge in [0.15, 0.2) is 0 Å². The van der Waals surface area contributed by atoms with Crippen LogP contribution in [0.25, 0.3) is 0 Å². The van der Waals surface area contributed by atoms with Crippen molar-refractivity contribution < 1.29 is 22.3 Å². The Labute approximate surface area is 164 Å². The molecular weight excluding hydrogens is 383 g/mol. The van der Waals surface area contributed by atoms with E-state index < -0.39 is 15.8 Å². The van der Waals surface area contributed by atoms with E-state index in [1.807, 2.05) is 24.3 Å². The minimum atomic E-state index is -3.70. The fraction of sp³-hybridized carbons (Fsp3) is 0.350. The standard InChI is InChI=1S/C20H23FN2O4S/c1-23(28(25,26)16-10-8-15(21)9-11-16)13-4-7-20(24)22-18-12-14-27-19-6-3-2-5-17(18)19/h2-3,5-6,8-11,18H,4,7,12-14H2,1H3,(H,22,24)/t18-/m0/s1. The molecule has 0 radical (unpaired) electrons. The number of carbonyl (C=O) groups excluding carboxylic acids is 1. The lowest BCUT2D eigenvalue weighted by Gasteiger charge is -2.26. The maximum atomic E-state index is 13.0. The van der Waals surface area contributed by atoms with Gasteiger partial charge in [-0.05, 0) is 36.8 Å². The number of nitrogens with zero attached hydrogens (tertiary/aromatic N) is 1. The number of para-hydroxylation sites is 1. The van der Waals surface area contributed by atoms with Crippen molar-refractivity contribution in [2.24, 2.45) is 0 Å². The zero-order valence-electron chi connectivity index (χ0n) is 15.6. The van der Waals surface area contributed by atoms with Gasteiger partial charge in [-0.1, -0.05) is 18.2 Å². The molecule has 6 nitrogen and oxygen atoms in total. The van der Waals surface area contributed by atoms with Gasteiger partial charge in [0.05, 0.1) is 17.5 Å². The van der Waals surface area contributed by atoms with Gasteiger partial charge in [-0.25, -0.2) is 17.1 Å². The third kappa shape index (κ3) is 4.69. The van der Waals surface area contributed by atoms with Crippen LogP contribution in [0.3, 0.4) is 0 Å². The lowest BCUT2D eigenvalue weighted by atomic mass is 10.0. The molecule has 1 amide bonds. The maximum Gasteiger partial charge on any atom is 0.242 e. The molecule has 1 aliphatic heterocycles. The Balaban J connectivity index is 1.51. The molecule has 1 heterocycles. The molecule has 0 spiro atoms. The van der Waals surface area contributed by atoms with E-state index in [0.29, 0.717) is 19.4 Å². The minimum Gasteiger partial charge on any atom is -0.493 e. The van der Waals surface area contributed by atoms with Crippen LogP contribution in [-0.4, -0.2) is 38.8 Å². The number of halogens is 1. The molecule has 1 aliphatic rings. The predicted octanol–water partition coefficient (Wildman–Crippen LogP) is 2.87. The fourth-order valence-corrected chi connectivity index (χ4v) is 4.34. The first-order valence-electron chi connectivity index (χ1n) is 9.11. The molecule has 0 aromatic heterocycles. The van der Waals surface area contributed by atoms with Crippen LogP contribution in [0.4, 0.5) is 4.39 Å². The van der Waals surface area contributed by atoms with E-state index in [1.165, 1.54) is 23.5 Å². The number of rotatable bonds is 7. The molecule has 1 atom stereocenters. The quantitative estimate of drug-likeness (QED) is 0.767. The zero-order chi connectivity index (χ0) is 20.1. The topological polar surface area (TPSA) is 75.7 Å². The van der Waals surface area contributed by atoms with Crippen molar-refractivity contribution in [2.75, 3.05) is 20.2 Å². The predicted molar refractivity (Wildman–Crippen MR) is 103 cm³/mol. The van der Waals surface area contributed by atoms with E-state index in [1.54, 1.807) is 0 Å². The van der Waals surface area contributed by atoms with Crippen molar-refractivity contribution in [3.05, 3.63) is 59.9 Å². The molecular formula is C20H23FN2O4S. The van der Waals surface area contributed by atoms with E-state index in [2.05, 4.69) is 5.32 Å². The van der Waals surface area contributed by atoms with Gasteiger partial charge in [0.25, 0.3) is 0 Å². The van der Waals surface area contributed by atoms with Gasteiger partial charge in [-0.3, -0.25) is 4.79 Å². The van der Waals surface area contributed by atoms with Crippen molar-refractivity contribution in [1.29, 1.82) is 0 Å². The van der Waals surface area contributed by atoms with Crippen molar-refractivity contribution in [2.45, 2.75) is 30.2 Å². The molecule has 0 unspecified atom stereocenters. The Morgan fingerprint density at radius 1 is 1.21 bits per heavy atom. The second kappa shape index (κ2) is 8.70. The number of ether oxygens (including phenoxy) is 1. The molecule has 150 valence electrons. The number of carbonyl (C=O) groups is 1. The summed E-state index contributed by atoms with van der Waals surface area (Å²) in [6, 6.07) is 12.2. The van der Waals surface area contributed by atoms with Crippen LogP contribution in [0.2, 0.25) is 0 Å². The summed E-state index contributed by atoms with van der Waals surface area (Å²) in [6.45, 7) is 0.734. The van der Waals surface area contributed by atoms with Gasteiger partial charge in [0.2, 0.25) is 15.9 Å². The van der Waals surface area contributed by atoms with Gasteiger partial charge < -0.3 is 10.1 Å². The first-order valence-corrected chi connectivity index (χ1v) is 10.5. The van der Waals surface area contributed by atoms with Crippen LogP contribution in [0.5, 0.6) is 5.75 Å².